The van der Waals surface area contributed by atoms with E-state index in [0.717, 1.165) is 32.1 Å². The monoisotopic (exact) mass is 546 g/mol. The van der Waals surface area contributed by atoms with Gasteiger partial charge in [0.05, 0.1) is 24.6 Å². The fraction of sp³-hybridized carbons (Fsp3) is 0.400. The summed E-state index contributed by atoms with van der Waals surface area (Å²) >= 11 is 2.02. The van der Waals surface area contributed by atoms with Crippen LogP contribution in [0, 0.1) is 0 Å². The number of aromatic nitrogens is 1. The summed E-state index contributed by atoms with van der Waals surface area (Å²) in [5, 5.41) is 0. The van der Waals surface area contributed by atoms with E-state index >= 15 is 0 Å². The minimum absolute atomic E-state index is 0.0810. The molecule has 3 rings (SSSR count). The largest absolute Gasteiger partial charge is 0.495 e. The molecule has 0 saturated heterocycles. The van der Waals surface area contributed by atoms with Crippen molar-refractivity contribution in [2.75, 3.05) is 16.4 Å². The van der Waals surface area contributed by atoms with E-state index in [0.29, 0.717) is 10.4 Å². The molecule has 1 heterocycles. The number of methoxy groups -OCH3 is 1. The van der Waals surface area contributed by atoms with Crippen LogP contribution in [0.1, 0.15) is 42.5 Å². The van der Waals surface area contributed by atoms with Gasteiger partial charge in [-0.3, -0.25) is 9.71 Å². The van der Waals surface area contributed by atoms with E-state index < -0.39 is 16.0 Å². The molecule has 1 saturated carbocycles. The van der Waals surface area contributed by atoms with Crippen LogP contribution in [0.3, 0.4) is 0 Å². The van der Waals surface area contributed by atoms with Gasteiger partial charge in [0.25, 0.3) is 10.0 Å². The number of hydrogen-bond donors (Lipinski definition) is 1. The van der Waals surface area contributed by atoms with E-state index in [4.69, 9.17) is 14.2 Å². The van der Waals surface area contributed by atoms with Gasteiger partial charge in [-0.15, -0.1) is 0 Å². The Morgan fingerprint density at radius 2 is 1.97 bits per heavy atom. The summed E-state index contributed by atoms with van der Waals surface area (Å²) in [7, 11) is -2.63. The van der Waals surface area contributed by atoms with Crippen LogP contribution in [0.5, 0.6) is 11.5 Å². The molecule has 0 bridgehead atoms. The van der Waals surface area contributed by atoms with E-state index in [9.17, 15) is 13.2 Å². The highest BCUT2D eigenvalue weighted by atomic mass is 127. The summed E-state index contributed by atoms with van der Waals surface area (Å²) in [6.07, 6.45) is 7.51. The molecular formula is C20H23IN2O6S. The van der Waals surface area contributed by atoms with Crippen molar-refractivity contribution in [1.82, 2.24) is 4.98 Å². The second-order valence-electron chi connectivity index (χ2n) is 6.80. The molecule has 1 aliphatic carbocycles. The first-order chi connectivity index (χ1) is 14.4. The van der Waals surface area contributed by atoms with Crippen molar-refractivity contribution >= 4 is 44.3 Å². The summed E-state index contributed by atoms with van der Waals surface area (Å²) < 4.78 is 44.8. The third-order valence-corrected chi connectivity index (χ3v) is 6.41. The van der Waals surface area contributed by atoms with Crippen molar-refractivity contribution in [1.29, 1.82) is 0 Å². The zero-order chi connectivity index (χ0) is 21.6. The van der Waals surface area contributed by atoms with Crippen LogP contribution in [-0.4, -0.2) is 37.2 Å². The lowest BCUT2D eigenvalue weighted by atomic mass is 9.98. The maximum Gasteiger partial charge on any atom is 0.340 e. The molecule has 10 heteroatoms. The predicted molar refractivity (Wildman–Crippen MR) is 120 cm³/mol. The normalized spacial score (nSPS) is 14.7. The molecule has 0 spiro atoms. The lowest BCUT2D eigenvalue weighted by molar-refractivity contribution is 0.0210. The Kier molecular flexibility index (Phi) is 7.75. The van der Waals surface area contributed by atoms with Gasteiger partial charge in [-0.2, -0.15) is 0 Å². The van der Waals surface area contributed by atoms with Gasteiger partial charge in [-0.05, 0) is 66.5 Å². The van der Waals surface area contributed by atoms with Crippen molar-refractivity contribution in [3.8, 4) is 11.5 Å². The lowest BCUT2D eigenvalue weighted by Crippen LogP contribution is -2.21. The average Bonchev–Trinajstić information content (AvgIpc) is 2.74. The minimum Gasteiger partial charge on any atom is -0.495 e. The van der Waals surface area contributed by atoms with Gasteiger partial charge in [0, 0.05) is 12.3 Å². The standard InChI is InChI=1S/C20H23IN2O6S/c1-27-18-8-7-17(28-13-21)10-19(18)30(25,26)23-15-9-14(11-22-12-15)20(24)29-16-5-3-2-4-6-16/h7-12,16,23H,2-6,13H2,1H3. The minimum atomic E-state index is -4.02. The Labute approximate surface area is 189 Å². The topological polar surface area (TPSA) is 104 Å². The van der Waals surface area contributed by atoms with Crippen molar-refractivity contribution in [3.05, 3.63) is 42.2 Å². The summed E-state index contributed by atoms with van der Waals surface area (Å²) in [5.41, 5.74) is 0.338. The average molecular weight is 546 g/mol. The van der Waals surface area contributed by atoms with Crippen molar-refractivity contribution < 1.29 is 27.4 Å². The maximum atomic E-state index is 12.9. The van der Waals surface area contributed by atoms with Gasteiger partial charge in [-0.25, -0.2) is 13.2 Å². The number of nitrogens with zero attached hydrogens (tertiary/aromatic N) is 1. The molecule has 1 aromatic heterocycles. The maximum absolute atomic E-state index is 12.9. The third kappa shape index (κ3) is 5.75. The van der Waals surface area contributed by atoms with Gasteiger partial charge >= 0.3 is 5.97 Å². The van der Waals surface area contributed by atoms with E-state index in [1.807, 2.05) is 22.6 Å². The second-order valence-corrected chi connectivity index (χ2v) is 9.07. The molecule has 2 aromatic rings. The number of alkyl halides is 1. The van der Waals surface area contributed by atoms with E-state index in [1.165, 1.54) is 37.7 Å². The molecule has 8 nitrogen and oxygen atoms in total. The van der Waals surface area contributed by atoms with Crippen LogP contribution in [-0.2, 0) is 14.8 Å². The lowest BCUT2D eigenvalue weighted by Gasteiger charge is -2.21. The number of halogens is 1. The fourth-order valence-electron chi connectivity index (χ4n) is 3.24. The summed E-state index contributed by atoms with van der Waals surface area (Å²) in [5.74, 6) is 0.0584. The third-order valence-electron chi connectivity index (χ3n) is 4.70. The number of benzene rings is 1. The zero-order valence-corrected chi connectivity index (χ0v) is 19.4. The summed E-state index contributed by atoms with van der Waals surface area (Å²) in [6.45, 7) is 0. The highest BCUT2D eigenvalue weighted by Crippen LogP contribution is 2.30. The van der Waals surface area contributed by atoms with Gasteiger partial charge in [0.1, 0.15) is 27.1 Å². The number of rotatable bonds is 8. The van der Waals surface area contributed by atoms with E-state index in [2.05, 4.69) is 9.71 Å². The molecule has 0 amide bonds. The number of carbonyl (C=O) groups excluding carboxylic acids is 1. The van der Waals surface area contributed by atoms with Crippen LogP contribution in [0.15, 0.2) is 41.6 Å². The summed E-state index contributed by atoms with van der Waals surface area (Å²) in [6, 6.07) is 5.94. The molecule has 0 radical (unpaired) electrons. The molecular weight excluding hydrogens is 523 g/mol. The molecule has 1 aliphatic rings. The Morgan fingerprint density at radius 3 is 2.67 bits per heavy atom. The number of esters is 1. The quantitative estimate of drug-likeness (QED) is 0.302. The molecule has 1 fully saturated rings. The Bertz CT molecular complexity index is 993. The number of carbonyl (C=O) groups is 1. The predicted octanol–water partition coefficient (Wildman–Crippen LogP) is 4.15. The first-order valence-corrected chi connectivity index (χ1v) is 12.5. The molecule has 0 unspecified atom stereocenters. The Balaban J connectivity index is 1.79. The molecule has 0 atom stereocenters. The second kappa shape index (κ2) is 10.3. The van der Waals surface area contributed by atoms with Crippen molar-refractivity contribution in [3.63, 3.8) is 0 Å². The molecule has 1 N–H and O–H groups in total. The first-order valence-electron chi connectivity index (χ1n) is 9.48. The Morgan fingerprint density at radius 1 is 1.20 bits per heavy atom. The van der Waals surface area contributed by atoms with Gasteiger partial charge in [-0.1, -0.05) is 6.42 Å². The number of sulfonamides is 1. The molecule has 162 valence electrons. The van der Waals surface area contributed by atoms with E-state index in [-0.39, 0.29) is 28.0 Å². The number of nitrogens with one attached hydrogen (secondary N) is 1. The molecule has 30 heavy (non-hydrogen) atoms. The smallest absolute Gasteiger partial charge is 0.340 e. The molecule has 1 aromatic carbocycles. The van der Waals surface area contributed by atoms with Gasteiger partial charge in [0.2, 0.25) is 0 Å². The summed E-state index contributed by atoms with van der Waals surface area (Å²) in [4.78, 5) is 16.3. The fourth-order valence-corrected chi connectivity index (χ4v) is 4.82. The highest BCUT2D eigenvalue weighted by Gasteiger charge is 2.23. The van der Waals surface area contributed by atoms with Crippen LogP contribution in [0.4, 0.5) is 5.69 Å². The number of pyridine rings is 1. The van der Waals surface area contributed by atoms with E-state index in [1.54, 1.807) is 6.07 Å². The van der Waals surface area contributed by atoms with Crippen LogP contribution in [0.2, 0.25) is 0 Å². The molecule has 0 aliphatic heterocycles. The van der Waals surface area contributed by atoms with Crippen LogP contribution < -0.4 is 14.2 Å². The van der Waals surface area contributed by atoms with Crippen molar-refractivity contribution in [2.45, 2.75) is 43.1 Å². The number of anilines is 1. The highest BCUT2D eigenvalue weighted by molar-refractivity contribution is 14.1. The van der Waals surface area contributed by atoms with Gasteiger partial charge < -0.3 is 14.2 Å². The van der Waals surface area contributed by atoms with Gasteiger partial charge in [0.15, 0.2) is 0 Å². The van der Waals surface area contributed by atoms with Crippen molar-refractivity contribution in [2.24, 2.45) is 0 Å². The van der Waals surface area contributed by atoms with Crippen LogP contribution in [0.25, 0.3) is 0 Å². The first kappa shape index (κ1) is 22.6. The van der Waals surface area contributed by atoms with Crippen LogP contribution >= 0.6 is 22.6 Å². The number of hydrogen-bond acceptors (Lipinski definition) is 7. The number of ether oxygens (including phenoxy) is 3. The SMILES string of the molecule is COc1ccc(OCI)cc1S(=O)(=O)Nc1cncc(C(=O)OC2CCCCC2)c1. The zero-order valence-electron chi connectivity index (χ0n) is 16.5. The Hall–Kier alpha value is -2.08.